The lowest BCUT2D eigenvalue weighted by atomic mass is 9.93. The minimum absolute atomic E-state index is 0.242. The zero-order valence-corrected chi connectivity index (χ0v) is 25.9. The number of nitrogens with one attached hydrogen (secondary N) is 3. The van der Waals surface area contributed by atoms with Gasteiger partial charge < -0.3 is 25.6 Å². The molecule has 234 valence electrons. The van der Waals surface area contributed by atoms with Crippen LogP contribution in [0.4, 0.5) is 0 Å². The third-order valence-corrected chi connectivity index (χ3v) is 8.49. The fraction of sp³-hybridized carbons (Fsp3) is 0.500. The molecule has 2 aliphatic heterocycles. The van der Waals surface area contributed by atoms with Crippen LogP contribution in [0.2, 0.25) is 0 Å². The number of fused-ring (bicyclic) bond motifs is 4. The van der Waals surface area contributed by atoms with E-state index in [-0.39, 0.29) is 30.7 Å². The molecule has 2 heterocycles. The molecule has 0 aliphatic carbocycles. The topological polar surface area (TPSA) is 141 Å². The van der Waals surface area contributed by atoms with Crippen LogP contribution in [-0.2, 0) is 32.1 Å². The molecule has 3 N–H and O–H groups in total. The Labute approximate surface area is 259 Å². The van der Waals surface area contributed by atoms with Crippen LogP contribution in [-0.4, -0.2) is 60.3 Å². The minimum atomic E-state index is -1.41. The van der Waals surface area contributed by atoms with Crippen molar-refractivity contribution in [3.8, 4) is 11.8 Å². The Kier molecular flexibility index (Phi) is 11.0. The molecule has 10 heteroatoms. The summed E-state index contributed by atoms with van der Waals surface area (Å²) in [5.41, 5.74) is 1.50. The Balaban J connectivity index is 1.63. The van der Waals surface area contributed by atoms with Crippen LogP contribution in [0.25, 0.3) is 0 Å². The lowest BCUT2D eigenvalue weighted by molar-refractivity contribution is -0.139. The van der Waals surface area contributed by atoms with E-state index >= 15 is 0 Å². The molecule has 0 aromatic heterocycles. The maximum atomic E-state index is 13.8. The molecular formula is C34H43N5O5. The van der Waals surface area contributed by atoms with E-state index in [1.807, 2.05) is 61.5 Å². The number of nitriles is 1. The number of rotatable bonds is 5. The first-order valence-corrected chi connectivity index (χ1v) is 15.4. The highest BCUT2D eigenvalue weighted by molar-refractivity contribution is 5.96. The largest absolute Gasteiger partial charge is 0.494 e. The lowest BCUT2D eigenvalue weighted by Gasteiger charge is -2.34. The van der Waals surface area contributed by atoms with Gasteiger partial charge in [0.2, 0.25) is 23.6 Å². The van der Waals surface area contributed by atoms with Crippen molar-refractivity contribution in [2.75, 3.05) is 19.7 Å². The van der Waals surface area contributed by atoms with E-state index in [1.54, 1.807) is 4.90 Å². The van der Waals surface area contributed by atoms with Crippen molar-refractivity contribution in [2.24, 2.45) is 11.3 Å². The summed E-state index contributed by atoms with van der Waals surface area (Å²) in [5, 5.41) is 17.9. The zero-order valence-electron chi connectivity index (χ0n) is 25.9. The van der Waals surface area contributed by atoms with E-state index in [0.717, 1.165) is 41.7 Å². The third-order valence-electron chi connectivity index (χ3n) is 8.49. The fourth-order valence-electron chi connectivity index (χ4n) is 5.50. The monoisotopic (exact) mass is 601 g/mol. The quantitative estimate of drug-likeness (QED) is 0.481. The zero-order chi connectivity index (χ0) is 31.7. The van der Waals surface area contributed by atoms with E-state index in [1.165, 1.54) is 13.8 Å². The van der Waals surface area contributed by atoms with Gasteiger partial charge in [0.1, 0.15) is 23.2 Å². The van der Waals surface area contributed by atoms with Gasteiger partial charge in [-0.15, -0.1) is 0 Å². The third kappa shape index (κ3) is 8.82. The van der Waals surface area contributed by atoms with E-state index in [2.05, 4.69) is 16.0 Å². The first kappa shape index (κ1) is 32.5. The standard InChI is InChI=1S/C34H43N5O5/c1-23-11-13-27-18-26(23)20-36-31(41)28(14-12-24-8-5-4-6-9-24)37-32(42)29(38-33(43)34(2,3)22-35)19-30(40)39-16-7-10-25(21-39)15-17-44-27/h4-6,8-9,11,13,18,25,28-29H,7,10,12,14-17,19-21H2,1-3H3,(H,36,41)(H,37,42)(H,38,43)/t25?,28?,29-/m0/s1. The van der Waals surface area contributed by atoms with Gasteiger partial charge in [-0.25, -0.2) is 0 Å². The molecule has 1 saturated heterocycles. The second-order valence-electron chi connectivity index (χ2n) is 12.3. The summed E-state index contributed by atoms with van der Waals surface area (Å²) in [6, 6.07) is 15.2. The molecule has 0 radical (unpaired) electrons. The second-order valence-corrected chi connectivity index (χ2v) is 12.3. The number of nitrogens with zero attached hydrogens (tertiary/aromatic N) is 2. The average molecular weight is 602 g/mol. The van der Waals surface area contributed by atoms with Crippen molar-refractivity contribution in [3.63, 3.8) is 0 Å². The highest BCUT2D eigenvalue weighted by atomic mass is 16.5. The van der Waals surface area contributed by atoms with Gasteiger partial charge in [0.05, 0.1) is 19.1 Å². The summed E-state index contributed by atoms with van der Waals surface area (Å²) in [7, 11) is 0. The number of benzene rings is 2. The Morgan fingerprint density at radius 2 is 1.89 bits per heavy atom. The van der Waals surface area contributed by atoms with Crippen LogP contribution in [0.5, 0.6) is 5.75 Å². The number of amides is 4. The molecule has 1 fully saturated rings. The van der Waals surface area contributed by atoms with Crippen molar-refractivity contribution >= 4 is 23.6 Å². The van der Waals surface area contributed by atoms with E-state index in [9.17, 15) is 24.4 Å². The van der Waals surface area contributed by atoms with Crippen molar-refractivity contribution in [2.45, 2.75) is 77.9 Å². The van der Waals surface area contributed by atoms with Crippen LogP contribution in [0.15, 0.2) is 48.5 Å². The smallest absolute Gasteiger partial charge is 0.243 e. The van der Waals surface area contributed by atoms with Gasteiger partial charge >= 0.3 is 0 Å². The molecule has 2 unspecified atom stereocenters. The SMILES string of the molecule is Cc1ccc2cc1CNC(=O)C(CCc1ccccc1)NC(=O)[C@@H](NC(=O)C(C)(C)C#N)CC(=O)N1CCCC(CCO2)C1. The van der Waals surface area contributed by atoms with E-state index < -0.39 is 29.3 Å². The number of carbonyl (C=O) groups excluding carboxylic acids is 4. The Hall–Kier alpha value is -4.39. The van der Waals surface area contributed by atoms with Crippen LogP contribution in [0, 0.1) is 29.6 Å². The Bertz CT molecular complexity index is 1390. The highest BCUT2D eigenvalue weighted by Crippen LogP contribution is 2.23. The molecule has 44 heavy (non-hydrogen) atoms. The van der Waals surface area contributed by atoms with Gasteiger partial charge in [-0.05, 0) is 87.6 Å². The number of hydrogen-bond acceptors (Lipinski definition) is 6. The second kappa shape index (κ2) is 14.9. The Morgan fingerprint density at radius 1 is 1.11 bits per heavy atom. The van der Waals surface area contributed by atoms with Crippen molar-refractivity contribution < 1.29 is 23.9 Å². The molecule has 2 aromatic rings. The normalized spacial score (nSPS) is 21.9. The fourth-order valence-corrected chi connectivity index (χ4v) is 5.50. The molecule has 10 nitrogen and oxygen atoms in total. The van der Waals surface area contributed by atoms with Gasteiger partial charge in [-0.3, -0.25) is 19.2 Å². The average Bonchev–Trinajstić information content (AvgIpc) is 3.02. The predicted molar refractivity (Wildman–Crippen MR) is 165 cm³/mol. The van der Waals surface area contributed by atoms with Crippen LogP contribution in [0.1, 0.15) is 62.6 Å². The van der Waals surface area contributed by atoms with Crippen LogP contribution >= 0.6 is 0 Å². The van der Waals surface area contributed by atoms with Crippen molar-refractivity contribution in [1.82, 2.24) is 20.9 Å². The lowest BCUT2D eigenvalue weighted by Crippen LogP contribution is -2.56. The van der Waals surface area contributed by atoms with E-state index in [0.29, 0.717) is 32.5 Å². The predicted octanol–water partition coefficient (Wildman–Crippen LogP) is 3.17. The first-order chi connectivity index (χ1) is 21.1. The van der Waals surface area contributed by atoms with Gasteiger partial charge in [0, 0.05) is 19.6 Å². The molecule has 4 bridgehead atoms. The molecule has 0 spiro atoms. The van der Waals surface area contributed by atoms with Gasteiger partial charge in [-0.1, -0.05) is 36.4 Å². The molecule has 3 atom stereocenters. The Morgan fingerprint density at radius 3 is 2.64 bits per heavy atom. The number of carbonyl (C=O) groups is 4. The molecular weight excluding hydrogens is 558 g/mol. The van der Waals surface area contributed by atoms with Crippen molar-refractivity contribution in [1.29, 1.82) is 5.26 Å². The molecule has 2 aliphatic rings. The number of hydrogen-bond donors (Lipinski definition) is 3. The maximum Gasteiger partial charge on any atom is 0.243 e. The maximum absolute atomic E-state index is 13.8. The summed E-state index contributed by atoms with van der Waals surface area (Å²) >= 11 is 0. The molecule has 4 rings (SSSR count). The number of aryl methyl sites for hydroxylation is 2. The summed E-state index contributed by atoms with van der Waals surface area (Å²) in [6.45, 7) is 6.71. The minimum Gasteiger partial charge on any atom is -0.494 e. The summed E-state index contributed by atoms with van der Waals surface area (Å²) in [4.78, 5) is 55.6. The highest BCUT2D eigenvalue weighted by Gasteiger charge is 2.35. The van der Waals surface area contributed by atoms with E-state index in [4.69, 9.17) is 4.74 Å². The van der Waals surface area contributed by atoms with Gasteiger partial charge in [0.15, 0.2) is 0 Å². The first-order valence-electron chi connectivity index (χ1n) is 15.4. The van der Waals surface area contributed by atoms with Crippen molar-refractivity contribution in [3.05, 3.63) is 65.2 Å². The molecule has 0 saturated carbocycles. The van der Waals surface area contributed by atoms with Gasteiger partial charge in [-0.2, -0.15) is 5.26 Å². The summed E-state index contributed by atoms with van der Waals surface area (Å²) in [5.74, 6) is -0.983. The molecule has 2 aromatic carbocycles. The summed E-state index contributed by atoms with van der Waals surface area (Å²) in [6.07, 6.45) is 3.11. The number of ether oxygens (including phenoxy) is 1. The van der Waals surface area contributed by atoms with Gasteiger partial charge in [0.25, 0.3) is 0 Å². The molecule has 4 amide bonds. The van der Waals surface area contributed by atoms with Crippen LogP contribution < -0.4 is 20.7 Å². The number of piperidine rings is 1. The van der Waals surface area contributed by atoms with Crippen LogP contribution in [0.3, 0.4) is 0 Å². The summed E-state index contributed by atoms with van der Waals surface area (Å²) < 4.78 is 6.07.